The average Bonchev–Trinajstić information content (AvgIpc) is 3.53. The summed E-state index contributed by atoms with van der Waals surface area (Å²) < 4.78 is 0. The molecule has 0 bridgehead atoms. The van der Waals surface area contributed by atoms with Gasteiger partial charge in [0.15, 0.2) is 5.78 Å². The number of thiazole rings is 1. The van der Waals surface area contributed by atoms with Gasteiger partial charge in [0.25, 0.3) is 5.91 Å². The van der Waals surface area contributed by atoms with E-state index in [0.717, 1.165) is 11.3 Å². The van der Waals surface area contributed by atoms with E-state index in [1.165, 1.54) is 22.4 Å². The zero-order valence-corrected chi connectivity index (χ0v) is 20.6. The molecule has 0 saturated heterocycles. The highest BCUT2D eigenvalue weighted by Gasteiger charge is 2.35. The molecular weight excluding hydrogens is 476 g/mol. The van der Waals surface area contributed by atoms with Crippen molar-refractivity contribution in [1.82, 2.24) is 19.9 Å². The van der Waals surface area contributed by atoms with Crippen LogP contribution in [0.15, 0.2) is 60.4 Å². The van der Waals surface area contributed by atoms with Gasteiger partial charge in [-0.2, -0.15) is 0 Å². The molecule has 1 atom stereocenters. The third kappa shape index (κ3) is 4.63. The molecule has 3 N–H and O–H groups in total. The third-order valence-corrected chi connectivity index (χ3v) is 6.79. The molecule has 36 heavy (non-hydrogen) atoms. The van der Waals surface area contributed by atoms with E-state index in [4.69, 9.17) is 0 Å². The Bertz CT molecular complexity index is 1430. The number of anilines is 3. The molecule has 3 aromatic heterocycles. The lowest BCUT2D eigenvalue weighted by Gasteiger charge is -2.24. The minimum Gasteiger partial charge on any atom is -0.356 e. The first-order valence-electron chi connectivity index (χ1n) is 11.4. The van der Waals surface area contributed by atoms with Gasteiger partial charge in [0, 0.05) is 50.1 Å². The van der Waals surface area contributed by atoms with Crippen LogP contribution in [0.3, 0.4) is 0 Å². The minimum absolute atomic E-state index is 0.0697. The summed E-state index contributed by atoms with van der Waals surface area (Å²) in [5, 5.41) is 6.19. The largest absolute Gasteiger partial charge is 0.356 e. The van der Waals surface area contributed by atoms with Gasteiger partial charge in [0.1, 0.15) is 10.7 Å². The summed E-state index contributed by atoms with van der Waals surface area (Å²) in [6.07, 6.45) is 3.69. The fourth-order valence-corrected chi connectivity index (χ4v) is 4.88. The Hall–Kier alpha value is -4.31. The maximum absolute atomic E-state index is 13.3. The number of pyridine rings is 1. The number of para-hydroxylation sites is 1. The number of amides is 2. The minimum atomic E-state index is -0.414. The number of ketones is 1. The first-order valence-corrected chi connectivity index (χ1v) is 12.3. The molecule has 1 aromatic carbocycles. The predicted molar refractivity (Wildman–Crippen MR) is 139 cm³/mol. The lowest BCUT2D eigenvalue weighted by atomic mass is 9.85. The number of nitrogens with one attached hydrogen (secondary N) is 3. The highest BCUT2D eigenvalue weighted by molar-refractivity contribution is 7.11. The van der Waals surface area contributed by atoms with Gasteiger partial charge in [-0.05, 0) is 24.3 Å². The van der Waals surface area contributed by atoms with Crippen molar-refractivity contribution in [1.29, 1.82) is 0 Å². The zero-order valence-electron chi connectivity index (χ0n) is 19.7. The summed E-state index contributed by atoms with van der Waals surface area (Å²) in [6, 6.07) is 13.1. The van der Waals surface area contributed by atoms with Crippen LogP contribution in [0, 0.1) is 5.92 Å². The van der Waals surface area contributed by atoms with Crippen LogP contribution < -0.4 is 10.6 Å². The van der Waals surface area contributed by atoms with Crippen molar-refractivity contribution in [3.63, 3.8) is 0 Å². The molecule has 0 spiro atoms. The fourth-order valence-electron chi connectivity index (χ4n) is 4.36. The van der Waals surface area contributed by atoms with E-state index in [-0.39, 0.29) is 24.0 Å². The Balaban J connectivity index is 1.55. The van der Waals surface area contributed by atoms with Crippen LogP contribution in [0.5, 0.6) is 0 Å². The van der Waals surface area contributed by atoms with Gasteiger partial charge in [-0.1, -0.05) is 18.2 Å². The third-order valence-electron chi connectivity index (χ3n) is 6.02. The smallest absolute Gasteiger partial charge is 0.268 e. The molecule has 0 fully saturated rings. The Kier molecular flexibility index (Phi) is 6.34. The first-order chi connectivity index (χ1) is 17.4. The van der Waals surface area contributed by atoms with Crippen molar-refractivity contribution in [3.05, 3.63) is 76.5 Å². The summed E-state index contributed by atoms with van der Waals surface area (Å²) in [4.78, 5) is 52.1. The van der Waals surface area contributed by atoms with Crippen molar-refractivity contribution in [2.45, 2.75) is 12.8 Å². The molecular formula is C26H24N6O3S. The molecule has 1 aliphatic carbocycles. The molecule has 10 heteroatoms. The van der Waals surface area contributed by atoms with Crippen LogP contribution in [0.25, 0.3) is 11.3 Å². The van der Waals surface area contributed by atoms with Crippen LogP contribution in [0.2, 0.25) is 0 Å². The maximum Gasteiger partial charge on any atom is 0.268 e. The van der Waals surface area contributed by atoms with Crippen LogP contribution in [0.4, 0.5) is 17.2 Å². The number of carbonyl (C=O) groups excluding carboxylic acids is 3. The number of H-pyrrole nitrogens is 1. The van der Waals surface area contributed by atoms with Gasteiger partial charge >= 0.3 is 0 Å². The van der Waals surface area contributed by atoms with E-state index in [0.29, 0.717) is 39.8 Å². The van der Waals surface area contributed by atoms with Crippen molar-refractivity contribution < 1.29 is 14.4 Å². The number of aromatic amines is 1. The number of aromatic nitrogens is 3. The fraction of sp³-hybridized carbons (Fsp3) is 0.192. The van der Waals surface area contributed by atoms with E-state index >= 15 is 0 Å². The topological polar surface area (TPSA) is 120 Å². The molecule has 9 nitrogen and oxygen atoms in total. The molecule has 3 heterocycles. The number of Topliss-reactive ketones (excluding diaryl/α,β-unsaturated/α-hetero) is 1. The summed E-state index contributed by atoms with van der Waals surface area (Å²) in [5.41, 5.74) is 5.76. The molecule has 5 rings (SSSR count). The first kappa shape index (κ1) is 23.4. The van der Waals surface area contributed by atoms with Crippen molar-refractivity contribution in [2.24, 2.45) is 5.92 Å². The molecule has 0 aliphatic heterocycles. The normalized spacial score (nSPS) is 14.7. The number of rotatable bonds is 6. The van der Waals surface area contributed by atoms with Gasteiger partial charge in [0.2, 0.25) is 5.91 Å². The molecule has 4 aromatic rings. The number of carbonyl (C=O) groups is 3. The highest BCUT2D eigenvalue weighted by Crippen LogP contribution is 2.40. The Morgan fingerprint density at radius 2 is 1.94 bits per heavy atom. The quantitative estimate of drug-likeness (QED) is 0.362. The molecule has 1 aliphatic rings. The van der Waals surface area contributed by atoms with Crippen LogP contribution in [-0.4, -0.2) is 51.5 Å². The van der Waals surface area contributed by atoms with E-state index in [1.807, 2.05) is 36.4 Å². The molecule has 2 amide bonds. The lowest BCUT2D eigenvalue weighted by molar-refractivity contribution is -0.133. The van der Waals surface area contributed by atoms with E-state index < -0.39 is 5.92 Å². The number of fused-ring (bicyclic) bond motifs is 1. The Morgan fingerprint density at radius 1 is 1.14 bits per heavy atom. The van der Waals surface area contributed by atoms with E-state index in [2.05, 4.69) is 25.6 Å². The molecule has 1 unspecified atom stereocenters. The number of hydrogen-bond acceptors (Lipinski definition) is 7. The maximum atomic E-state index is 13.3. The SMILES string of the molecule is CN(C)C(=O)C1CC(=O)c2c([nH]c(-c3ccnc(NC(=O)c4cncs4)c3)c2Nc2ccccc2)C1. The zero-order chi connectivity index (χ0) is 25.2. The predicted octanol–water partition coefficient (Wildman–Crippen LogP) is 4.36. The van der Waals surface area contributed by atoms with E-state index in [9.17, 15) is 14.4 Å². The van der Waals surface area contributed by atoms with Crippen molar-refractivity contribution in [2.75, 3.05) is 24.7 Å². The number of nitrogens with zero attached hydrogens (tertiary/aromatic N) is 3. The highest BCUT2D eigenvalue weighted by atomic mass is 32.1. The van der Waals surface area contributed by atoms with Crippen molar-refractivity contribution >= 4 is 46.1 Å². The summed E-state index contributed by atoms with van der Waals surface area (Å²) in [6.45, 7) is 0. The van der Waals surface area contributed by atoms with Gasteiger partial charge in [0.05, 0.1) is 34.6 Å². The molecule has 0 radical (unpaired) electrons. The standard InChI is InChI=1S/C26H24N6O3S/c1-32(2)26(35)16-10-18-22(19(33)11-16)24(29-17-6-4-3-5-7-17)23(30-18)15-8-9-28-21(12-15)31-25(34)20-13-27-14-36-20/h3-9,12-14,16,29-30H,10-11H2,1-2H3,(H,28,31,34). The average molecular weight is 501 g/mol. The van der Waals surface area contributed by atoms with Crippen LogP contribution >= 0.6 is 11.3 Å². The van der Waals surface area contributed by atoms with Gasteiger partial charge in [-0.25, -0.2) is 4.98 Å². The second-order valence-electron chi connectivity index (χ2n) is 8.73. The van der Waals surface area contributed by atoms with Crippen molar-refractivity contribution in [3.8, 4) is 11.3 Å². The van der Waals surface area contributed by atoms with Gasteiger partial charge in [-0.15, -0.1) is 11.3 Å². The molecule has 0 saturated carbocycles. The van der Waals surface area contributed by atoms with Gasteiger partial charge < -0.3 is 20.5 Å². The van der Waals surface area contributed by atoms with E-state index in [1.54, 1.807) is 31.9 Å². The Labute approximate surface area is 211 Å². The Morgan fingerprint density at radius 3 is 2.67 bits per heavy atom. The van der Waals surface area contributed by atoms with Crippen LogP contribution in [-0.2, 0) is 11.2 Å². The molecule has 182 valence electrons. The monoisotopic (exact) mass is 500 g/mol. The number of benzene rings is 1. The second kappa shape index (κ2) is 9.74. The summed E-state index contributed by atoms with van der Waals surface area (Å²) >= 11 is 1.24. The number of hydrogen-bond donors (Lipinski definition) is 3. The second-order valence-corrected chi connectivity index (χ2v) is 9.62. The van der Waals surface area contributed by atoms with Gasteiger partial charge in [-0.3, -0.25) is 19.4 Å². The van der Waals surface area contributed by atoms with Crippen LogP contribution in [0.1, 0.15) is 32.1 Å². The summed E-state index contributed by atoms with van der Waals surface area (Å²) in [7, 11) is 3.40. The lowest BCUT2D eigenvalue weighted by Crippen LogP contribution is -2.35. The summed E-state index contributed by atoms with van der Waals surface area (Å²) in [5.74, 6) is -0.500.